The van der Waals surface area contributed by atoms with Gasteiger partial charge in [-0.25, -0.2) is 0 Å². The van der Waals surface area contributed by atoms with Gasteiger partial charge in [-0.05, 0) is 67.6 Å². The molecule has 0 aromatic heterocycles. The minimum atomic E-state index is -0.436. The smallest absolute Gasteiger partial charge is 0.228 e. The summed E-state index contributed by atoms with van der Waals surface area (Å²) in [5.41, 5.74) is 1.60. The van der Waals surface area contributed by atoms with Gasteiger partial charge in [0.2, 0.25) is 11.8 Å². The molecular formula is C26H32N2O5. The van der Waals surface area contributed by atoms with Crippen LogP contribution in [0.4, 0.5) is 5.69 Å². The number of likely N-dealkylation sites (tertiary alicyclic amines) is 1. The second-order valence-electron chi connectivity index (χ2n) is 8.55. The fourth-order valence-electron chi connectivity index (χ4n) is 4.97. The number of piperidine rings is 2. The van der Waals surface area contributed by atoms with E-state index >= 15 is 0 Å². The van der Waals surface area contributed by atoms with E-state index in [4.69, 9.17) is 14.2 Å². The van der Waals surface area contributed by atoms with Gasteiger partial charge in [-0.1, -0.05) is 6.07 Å². The van der Waals surface area contributed by atoms with Crippen molar-refractivity contribution in [3.8, 4) is 17.2 Å². The summed E-state index contributed by atoms with van der Waals surface area (Å²) in [5.74, 6) is 1.70. The standard InChI is InChI=1S/C26H32N2O5/c1-31-20-10-8-19(9-11-20)28-24(29)14-12-21(26(30)27-15-5-4-6-16-27)25(28)18-7-13-22(32-2)23(17-18)33-3/h7-11,13,17,21,25H,4-6,12,14-16H2,1-3H3/t21-,25+/m1/s1. The third kappa shape index (κ3) is 4.63. The summed E-state index contributed by atoms with van der Waals surface area (Å²) < 4.78 is 16.2. The molecule has 7 nitrogen and oxygen atoms in total. The van der Waals surface area contributed by atoms with Crippen molar-refractivity contribution in [1.82, 2.24) is 4.90 Å². The molecule has 0 bridgehead atoms. The number of carbonyl (C=O) groups is 2. The molecule has 0 unspecified atom stereocenters. The first kappa shape index (κ1) is 23.0. The quantitative estimate of drug-likeness (QED) is 0.657. The van der Waals surface area contributed by atoms with E-state index in [1.54, 1.807) is 26.2 Å². The topological polar surface area (TPSA) is 68.3 Å². The van der Waals surface area contributed by atoms with Crippen LogP contribution < -0.4 is 19.1 Å². The summed E-state index contributed by atoms with van der Waals surface area (Å²) in [5, 5.41) is 0. The van der Waals surface area contributed by atoms with E-state index in [0.29, 0.717) is 30.1 Å². The van der Waals surface area contributed by atoms with Crippen LogP contribution in [0.3, 0.4) is 0 Å². The van der Waals surface area contributed by atoms with E-state index in [-0.39, 0.29) is 17.7 Å². The van der Waals surface area contributed by atoms with Crippen LogP contribution in [0, 0.1) is 5.92 Å². The van der Waals surface area contributed by atoms with Crippen molar-refractivity contribution < 1.29 is 23.8 Å². The second kappa shape index (κ2) is 10.1. The third-order valence-corrected chi connectivity index (χ3v) is 6.68. The van der Waals surface area contributed by atoms with Gasteiger partial charge in [0.25, 0.3) is 0 Å². The maximum Gasteiger partial charge on any atom is 0.228 e. The van der Waals surface area contributed by atoms with Crippen molar-refractivity contribution in [2.24, 2.45) is 5.92 Å². The van der Waals surface area contributed by atoms with Crippen LogP contribution in [0.25, 0.3) is 0 Å². The predicted molar refractivity (Wildman–Crippen MR) is 126 cm³/mol. The Hall–Kier alpha value is -3.22. The molecule has 2 aromatic carbocycles. The van der Waals surface area contributed by atoms with Gasteiger partial charge in [-0.15, -0.1) is 0 Å². The van der Waals surface area contributed by atoms with Gasteiger partial charge in [0.05, 0.1) is 33.3 Å². The summed E-state index contributed by atoms with van der Waals surface area (Å²) in [6, 6.07) is 12.6. The molecule has 0 aliphatic carbocycles. The number of amides is 2. The van der Waals surface area contributed by atoms with Gasteiger partial charge in [-0.3, -0.25) is 9.59 Å². The van der Waals surface area contributed by atoms with Crippen molar-refractivity contribution in [2.45, 2.75) is 38.1 Å². The highest BCUT2D eigenvalue weighted by Gasteiger charge is 2.43. The molecule has 2 aromatic rings. The van der Waals surface area contributed by atoms with Crippen LogP contribution in [-0.2, 0) is 9.59 Å². The Morgan fingerprint density at radius 2 is 1.58 bits per heavy atom. The van der Waals surface area contributed by atoms with Gasteiger partial charge in [0.15, 0.2) is 11.5 Å². The average molecular weight is 453 g/mol. The summed E-state index contributed by atoms with van der Waals surface area (Å²) in [6.45, 7) is 1.56. The number of rotatable bonds is 6. The molecule has 0 spiro atoms. The predicted octanol–water partition coefficient (Wildman–Crippen LogP) is 4.21. The summed E-state index contributed by atoms with van der Waals surface area (Å²) >= 11 is 0. The lowest BCUT2D eigenvalue weighted by molar-refractivity contribution is -0.139. The summed E-state index contributed by atoms with van der Waals surface area (Å²) in [7, 11) is 4.79. The number of hydrogen-bond donors (Lipinski definition) is 0. The molecule has 2 atom stereocenters. The Balaban J connectivity index is 1.78. The fraction of sp³-hybridized carbons (Fsp3) is 0.462. The van der Waals surface area contributed by atoms with E-state index in [1.165, 1.54) is 0 Å². The highest BCUT2D eigenvalue weighted by Crippen LogP contribution is 2.43. The molecule has 33 heavy (non-hydrogen) atoms. The van der Waals surface area contributed by atoms with Crippen molar-refractivity contribution in [3.63, 3.8) is 0 Å². The van der Waals surface area contributed by atoms with E-state index in [9.17, 15) is 9.59 Å². The van der Waals surface area contributed by atoms with Crippen LogP contribution in [0.15, 0.2) is 42.5 Å². The Morgan fingerprint density at radius 1 is 0.879 bits per heavy atom. The Morgan fingerprint density at radius 3 is 2.21 bits per heavy atom. The van der Waals surface area contributed by atoms with Gasteiger partial charge in [0, 0.05) is 25.2 Å². The van der Waals surface area contributed by atoms with Crippen LogP contribution in [-0.4, -0.2) is 51.1 Å². The van der Waals surface area contributed by atoms with E-state index in [0.717, 1.165) is 43.6 Å². The van der Waals surface area contributed by atoms with Crippen molar-refractivity contribution in [2.75, 3.05) is 39.3 Å². The SMILES string of the molecule is COc1ccc(N2C(=O)CC[C@@H](C(=O)N3CCCCC3)[C@@H]2c2ccc(OC)c(OC)c2)cc1. The highest BCUT2D eigenvalue weighted by atomic mass is 16.5. The first-order valence-corrected chi connectivity index (χ1v) is 11.5. The van der Waals surface area contributed by atoms with Gasteiger partial charge in [-0.2, -0.15) is 0 Å². The number of hydrogen-bond acceptors (Lipinski definition) is 5. The minimum Gasteiger partial charge on any atom is -0.497 e. The zero-order valence-electron chi connectivity index (χ0n) is 19.6. The Kier molecular flexibility index (Phi) is 7.06. The Bertz CT molecular complexity index is 985. The lowest BCUT2D eigenvalue weighted by Crippen LogP contribution is -2.50. The van der Waals surface area contributed by atoms with Crippen molar-refractivity contribution in [1.29, 1.82) is 0 Å². The first-order valence-electron chi connectivity index (χ1n) is 11.5. The van der Waals surface area contributed by atoms with Crippen LogP contribution in [0.5, 0.6) is 17.2 Å². The highest BCUT2D eigenvalue weighted by molar-refractivity contribution is 5.97. The number of nitrogens with zero attached hydrogens (tertiary/aromatic N) is 2. The lowest BCUT2D eigenvalue weighted by Gasteiger charge is -2.43. The number of ether oxygens (including phenoxy) is 3. The maximum absolute atomic E-state index is 13.7. The van der Waals surface area contributed by atoms with Crippen LogP contribution >= 0.6 is 0 Å². The van der Waals surface area contributed by atoms with E-state index < -0.39 is 6.04 Å². The molecule has 2 amide bonds. The van der Waals surface area contributed by atoms with Crippen molar-refractivity contribution >= 4 is 17.5 Å². The van der Waals surface area contributed by atoms with Crippen LogP contribution in [0.1, 0.15) is 43.7 Å². The summed E-state index contributed by atoms with van der Waals surface area (Å²) in [4.78, 5) is 30.7. The van der Waals surface area contributed by atoms with Gasteiger partial charge < -0.3 is 24.0 Å². The maximum atomic E-state index is 13.7. The molecular weight excluding hydrogens is 420 g/mol. The molecule has 2 aliphatic rings. The molecule has 2 aliphatic heterocycles. The zero-order chi connectivity index (χ0) is 23.4. The largest absolute Gasteiger partial charge is 0.497 e. The normalized spacial score (nSPS) is 21.0. The lowest BCUT2D eigenvalue weighted by atomic mass is 9.82. The Labute approximate surface area is 195 Å². The number of benzene rings is 2. The summed E-state index contributed by atoms with van der Waals surface area (Å²) in [6.07, 6.45) is 4.07. The molecule has 2 saturated heterocycles. The molecule has 7 heteroatoms. The third-order valence-electron chi connectivity index (χ3n) is 6.68. The second-order valence-corrected chi connectivity index (χ2v) is 8.55. The number of methoxy groups -OCH3 is 3. The molecule has 176 valence electrons. The molecule has 4 rings (SSSR count). The number of anilines is 1. The van der Waals surface area contributed by atoms with Gasteiger partial charge in [0.1, 0.15) is 5.75 Å². The van der Waals surface area contributed by atoms with Gasteiger partial charge >= 0.3 is 0 Å². The first-order chi connectivity index (χ1) is 16.1. The molecule has 0 saturated carbocycles. The molecule has 2 fully saturated rings. The van der Waals surface area contributed by atoms with E-state index in [2.05, 4.69) is 0 Å². The fourth-order valence-corrected chi connectivity index (χ4v) is 4.97. The van der Waals surface area contributed by atoms with Crippen LogP contribution in [0.2, 0.25) is 0 Å². The zero-order valence-corrected chi connectivity index (χ0v) is 19.6. The van der Waals surface area contributed by atoms with Crippen molar-refractivity contribution in [3.05, 3.63) is 48.0 Å². The molecule has 0 radical (unpaired) electrons. The molecule has 2 heterocycles. The molecule has 0 N–H and O–H groups in total. The number of carbonyl (C=O) groups excluding carboxylic acids is 2. The van der Waals surface area contributed by atoms with E-state index in [1.807, 2.05) is 47.4 Å². The monoisotopic (exact) mass is 452 g/mol. The average Bonchev–Trinajstić information content (AvgIpc) is 2.88. The minimum absolute atomic E-state index is 0.00245.